The van der Waals surface area contributed by atoms with Crippen molar-refractivity contribution in [3.05, 3.63) is 24.8 Å². The molecule has 0 aliphatic rings. The first-order valence-electron chi connectivity index (χ1n) is 3.91. The summed E-state index contributed by atoms with van der Waals surface area (Å²) in [6, 6.07) is 0. The third kappa shape index (κ3) is 2.70. The van der Waals surface area contributed by atoms with Gasteiger partial charge in [-0.15, -0.1) is 0 Å². The third-order valence-corrected chi connectivity index (χ3v) is 1.38. The van der Waals surface area contributed by atoms with E-state index in [9.17, 15) is 4.79 Å². The Hall–Kier alpha value is -1.65. The smallest absolute Gasteiger partial charge is 0.335 e. The molecule has 0 bridgehead atoms. The number of ether oxygens (including phenoxy) is 1. The van der Waals surface area contributed by atoms with Gasteiger partial charge in [0.1, 0.15) is 12.7 Å². The quantitative estimate of drug-likeness (QED) is 0.498. The van der Waals surface area contributed by atoms with Gasteiger partial charge in [0.15, 0.2) is 0 Å². The molecular weight excluding hydrogens is 170 g/mol. The van der Waals surface area contributed by atoms with Crippen molar-refractivity contribution in [3.63, 3.8) is 0 Å². The molecule has 0 aliphatic heterocycles. The lowest BCUT2D eigenvalue weighted by atomic mass is 10.3. The van der Waals surface area contributed by atoms with Crippen molar-refractivity contribution in [1.82, 2.24) is 14.8 Å². The van der Waals surface area contributed by atoms with E-state index in [2.05, 4.69) is 16.7 Å². The second kappa shape index (κ2) is 4.39. The van der Waals surface area contributed by atoms with Crippen molar-refractivity contribution in [2.45, 2.75) is 13.5 Å². The van der Waals surface area contributed by atoms with Gasteiger partial charge in [-0.3, -0.25) is 0 Å². The average molecular weight is 181 g/mol. The van der Waals surface area contributed by atoms with E-state index in [-0.39, 0.29) is 0 Å². The highest BCUT2D eigenvalue weighted by Gasteiger charge is 2.07. The fourth-order valence-electron chi connectivity index (χ4n) is 0.808. The molecule has 5 heteroatoms. The monoisotopic (exact) mass is 181 g/mol. The predicted molar refractivity (Wildman–Crippen MR) is 45.8 cm³/mol. The van der Waals surface area contributed by atoms with E-state index in [0.717, 1.165) is 0 Å². The molecule has 0 saturated heterocycles. The van der Waals surface area contributed by atoms with Gasteiger partial charge in [-0.25, -0.2) is 14.5 Å². The van der Waals surface area contributed by atoms with Crippen LogP contribution in [0.15, 0.2) is 24.8 Å². The van der Waals surface area contributed by atoms with Gasteiger partial charge in [0, 0.05) is 0 Å². The van der Waals surface area contributed by atoms with Crippen molar-refractivity contribution in [2.24, 2.45) is 0 Å². The molecule has 0 aromatic carbocycles. The van der Waals surface area contributed by atoms with Crippen molar-refractivity contribution in [3.8, 4) is 0 Å². The maximum absolute atomic E-state index is 11.1. The molecule has 5 nitrogen and oxygen atoms in total. The van der Waals surface area contributed by atoms with Crippen LogP contribution in [0.2, 0.25) is 0 Å². The Bertz CT molecular complexity index is 292. The zero-order valence-corrected chi connectivity index (χ0v) is 7.43. The molecular formula is C8H11N3O2. The Morgan fingerprint density at radius 3 is 3.00 bits per heavy atom. The van der Waals surface area contributed by atoms with Crippen molar-refractivity contribution in [1.29, 1.82) is 0 Å². The van der Waals surface area contributed by atoms with E-state index >= 15 is 0 Å². The second-order valence-corrected chi connectivity index (χ2v) is 2.42. The number of nitrogens with zero attached hydrogens (tertiary/aromatic N) is 3. The van der Waals surface area contributed by atoms with Gasteiger partial charge in [-0.2, -0.15) is 5.10 Å². The zero-order chi connectivity index (χ0) is 9.68. The Balaban J connectivity index is 2.46. The lowest BCUT2D eigenvalue weighted by Crippen LogP contribution is -2.12. The highest BCUT2D eigenvalue weighted by Crippen LogP contribution is 1.97. The van der Waals surface area contributed by atoms with Gasteiger partial charge in [0.2, 0.25) is 0 Å². The summed E-state index contributed by atoms with van der Waals surface area (Å²) in [4.78, 5) is 14.8. The number of carbonyl (C=O) groups is 1. The summed E-state index contributed by atoms with van der Waals surface area (Å²) in [7, 11) is 0. The van der Waals surface area contributed by atoms with Crippen LogP contribution in [0.25, 0.3) is 0 Å². The standard InChI is InChI=1S/C8H11N3O2/c1-3-13-8(12)7(2)4-11-6-9-5-10-11/h5-6H,2-4H2,1H3. The first-order chi connectivity index (χ1) is 6.24. The van der Waals surface area contributed by atoms with Crippen molar-refractivity contribution < 1.29 is 9.53 Å². The molecule has 1 aromatic heterocycles. The number of carbonyl (C=O) groups excluding carboxylic acids is 1. The first kappa shape index (κ1) is 9.44. The summed E-state index contributed by atoms with van der Waals surface area (Å²) in [6.07, 6.45) is 2.92. The molecule has 1 rings (SSSR count). The lowest BCUT2D eigenvalue weighted by molar-refractivity contribution is -0.138. The highest BCUT2D eigenvalue weighted by atomic mass is 16.5. The molecule has 0 atom stereocenters. The molecule has 0 spiro atoms. The molecule has 0 unspecified atom stereocenters. The Morgan fingerprint density at radius 1 is 1.69 bits per heavy atom. The topological polar surface area (TPSA) is 57.0 Å². The van der Waals surface area contributed by atoms with Gasteiger partial charge in [-0.05, 0) is 6.92 Å². The fraction of sp³-hybridized carbons (Fsp3) is 0.375. The predicted octanol–water partition coefficient (Wildman–Crippen LogP) is 0.397. The lowest BCUT2D eigenvalue weighted by Gasteiger charge is -2.03. The minimum Gasteiger partial charge on any atom is -0.463 e. The van der Waals surface area contributed by atoms with E-state index in [0.29, 0.717) is 18.7 Å². The Morgan fingerprint density at radius 2 is 2.46 bits per heavy atom. The summed E-state index contributed by atoms with van der Waals surface area (Å²) in [6.45, 7) is 6.01. The number of esters is 1. The second-order valence-electron chi connectivity index (χ2n) is 2.42. The maximum Gasteiger partial charge on any atom is 0.335 e. The number of hydrogen-bond acceptors (Lipinski definition) is 4. The van der Waals surface area contributed by atoms with Crippen LogP contribution in [0.4, 0.5) is 0 Å². The van der Waals surface area contributed by atoms with Crippen LogP contribution in [0.1, 0.15) is 6.92 Å². The summed E-state index contributed by atoms with van der Waals surface area (Å²) >= 11 is 0. The first-order valence-corrected chi connectivity index (χ1v) is 3.91. The van der Waals surface area contributed by atoms with Crippen LogP contribution in [0.5, 0.6) is 0 Å². The summed E-state index contributed by atoms with van der Waals surface area (Å²) in [5.41, 5.74) is 0.368. The SMILES string of the molecule is C=C(Cn1cncn1)C(=O)OCC. The summed E-state index contributed by atoms with van der Waals surface area (Å²) in [5, 5.41) is 3.84. The molecule has 13 heavy (non-hydrogen) atoms. The van der Waals surface area contributed by atoms with Crippen LogP contribution in [-0.2, 0) is 16.1 Å². The molecule has 70 valence electrons. The Kier molecular flexibility index (Phi) is 3.19. The molecule has 0 radical (unpaired) electrons. The van der Waals surface area contributed by atoms with Gasteiger partial charge >= 0.3 is 5.97 Å². The van der Waals surface area contributed by atoms with Gasteiger partial charge in [0.05, 0.1) is 18.7 Å². The Labute approximate surface area is 76.0 Å². The number of rotatable bonds is 4. The molecule has 1 heterocycles. The molecule has 0 N–H and O–H groups in total. The van der Waals surface area contributed by atoms with Crippen LogP contribution >= 0.6 is 0 Å². The van der Waals surface area contributed by atoms with E-state index in [1.165, 1.54) is 17.3 Å². The van der Waals surface area contributed by atoms with E-state index in [4.69, 9.17) is 4.74 Å². The minimum atomic E-state index is -0.391. The molecule has 0 aliphatic carbocycles. The van der Waals surface area contributed by atoms with Crippen molar-refractivity contribution >= 4 is 5.97 Å². The maximum atomic E-state index is 11.1. The van der Waals surface area contributed by atoms with Crippen LogP contribution < -0.4 is 0 Å². The van der Waals surface area contributed by atoms with E-state index in [1.807, 2.05) is 0 Å². The van der Waals surface area contributed by atoms with Gasteiger partial charge in [-0.1, -0.05) is 6.58 Å². The van der Waals surface area contributed by atoms with Gasteiger partial charge in [0.25, 0.3) is 0 Å². The third-order valence-electron chi connectivity index (χ3n) is 1.38. The molecule has 0 fully saturated rings. The van der Waals surface area contributed by atoms with Crippen molar-refractivity contribution in [2.75, 3.05) is 6.61 Å². The summed E-state index contributed by atoms with van der Waals surface area (Å²) < 4.78 is 6.27. The highest BCUT2D eigenvalue weighted by molar-refractivity contribution is 5.87. The van der Waals surface area contributed by atoms with Gasteiger partial charge < -0.3 is 4.74 Å². The number of hydrogen-bond donors (Lipinski definition) is 0. The largest absolute Gasteiger partial charge is 0.463 e. The summed E-state index contributed by atoms with van der Waals surface area (Å²) in [5.74, 6) is -0.391. The average Bonchev–Trinajstić information content (AvgIpc) is 2.57. The van der Waals surface area contributed by atoms with Crippen LogP contribution in [0, 0.1) is 0 Å². The molecule has 0 amide bonds. The fourth-order valence-corrected chi connectivity index (χ4v) is 0.808. The zero-order valence-electron chi connectivity index (χ0n) is 7.43. The normalized spacial score (nSPS) is 9.62. The van der Waals surface area contributed by atoms with Crippen LogP contribution in [-0.4, -0.2) is 27.3 Å². The molecule has 1 aromatic rings. The van der Waals surface area contributed by atoms with E-state index in [1.54, 1.807) is 6.92 Å². The molecule has 0 saturated carbocycles. The van der Waals surface area contributed by atoms with E-state index < -0.39 is 5.97 Å². The van der Waals surface area contributed by atoms with Crippen LogP contribution in [0.3, 0.4) is 0 Å². The minimum absolute atomic E-state index is 0.318. The number of aromatic nitrogens is 3.